The van der Waals surface area contributed by atoms with Gasteiger partial charge in [0.05, 0.1) is 24.1 Å². The smallest absolute Gasteiger partial charge is 0.252 e. The minimum atomic E-state index is -1.93. The highest BCUT2D eigenvalue weighted by Gasteiger charge is 2.45. The molecule has 0 bridgehead atoms. The van der Waals surface area contributed by atoms with Crippen LogP contribution in [-0.2, 0) is 0 Å². The molecule has 0 spiro atoms. The largest absolute Gasteiger partial charge is 0.352 e. The van der Waals surface area contributed by atoms with Crippen LogP contribution in [0.5, 0.6) is 0 Å². The van der Waals surface area contributed by atoms with E-state index in [2.05, 4.69) is 78.7 Å². The number of unbranched alkanes of at least 4 members (excludes halogenated alkanes) is 1. The second-order valence-corrected chi connectivity index (χ2v) is 12.1. The lowest BCUT2D eigenvalue weighted by molar-refractivity contribution is 0.0953. The number of halogens is 1. The van der Waals surface area contributed by atoms with Crippen LogP contribution in [-0.4, -0.2) is 33.6 Å². The van der Waals surface area contributed by atoms with E-state index in [0.717, 1.165) is 19.0 Å². The molecule has 3 heterocycles. The molecule has 4 rings (SSSR count). The fourth-order valence-electron chi connectivity index (χ4n) is 3.96. The first-order valence-electron chi connectivity index (χ1n) is 10.8. The molecule has 0 aliphatic carbocycles. The molecule has 0 atom stereocenters. The maximum atomic E-state index is 12.4. The van der Waals surface area contributed by atoms with Crippen molar-refractivity contribution >= 4 is 45.0 Å². The number of carbonyl (C=O) groups excluding carboxylic acids is 1. The summed E-state index contributed by atoms with van der Waals surface area (Å²) >= 11 is 3.30. The molecule has 0 radical (unpaired) electrons. The van der Waals surface area contributed by atoms with Gasteiger partial charge >= 0.3 is 0 Å². The highest BCUT2D eigenvalue weighted by Crippen LogP contribution is 2.55. The topological polar surface area (TPSA) is 67.8 Å². The van der Waals surface area contributed by atoms with Crippen molar-refractivity contribution in [2.75, 3.05) is 12.7 Å². The van der Waals surface area contributed by atoms with E-state index in [9.17, 15) is 4.79 Å². The zero-order valence-corrected chi connectivity index (χ0v) is 20.6. The zero-order chi connectivity index (χ0) is 22.9. The van der Waals surface area contributed by atoms with E-state index in [1.807, 2.05) is 36.9 Å². The van der Waals surface area contributed by atoms with Crippen LogP contribution in [0.15, 0.2) is 102 Å². The second kappa shape index (κ2) is 11.3. The van der Waals surface area contributed by atoms with Crippen LogP contribution in [0.1, 0.15) is 23.2 Å². The number of pyridine rings is 3. The molecular weight excluding hydrogens is 491 g/mol. The summed E-state index contributed by atoms with van der Waals surface area (Å²) < 4.78 is 0.714. The Bertz CT molecular complexity index is 1060. The predicted octanol–water partition coefficient (Wildman–Crippen LogP) is 4.14. The summed E-state index contributed by atoms with van der Waals surface area (Å²) in [5.41, 5.74) is 0.565. The van der Waals surface area contributed by atoms with Gasteiger partial charge in [0.25, 0.3) is 5.91 Å². The van der Waals surface area contributed by atoms with E-state index < -0.39 is 7.26 Å². The Kier molecular flexibility index (Phi) is 7.92. The van der Waals surface area contributed by atoms with Crippen molar-refractivity contribution in [1.82, 2.24) is 20.3 Å². The van der Waals surface area contributed by atoms with Crippen molar-refractivity contribution in [3.05, 3.63) is 108 Å². The van der Waals surface area contributed by atoms with Gasteiger partial charge in [-0.3, -0.25) is 14.8 Å². The quantitative estimate of drug-likeness (QED) is 0.206. The molecule has 7 heteroatoms. The summed E-state index contributed by atoms with van der Waals surface area (Å²) in [5, 5.41) is 6.82. The lowest BCUT2D eigenvalue weighted by atomic mass is 10.2. The number of aromatic nitrogens is 3. The molecular formula is C26H25BrN4OP+. The molecule has 1 N–H and O–H groups in total. The molecule has 3 aromatic heterocycles. The monoisotopic (exact) mass is 516 g/mol. The molecule has 1 amide bonds. The van der Waals surface area contributed by atoms with E-state index in [0.29, 0.717) is 16.7 Å². The number of hydrogen-bond donors (Lipinski definition) is 1. The molecule has 0 aliphatic rings. The Morgan fingerprint density at radius 2 is 1.45 bits per heavy atom. The molecule has 0 unspecified atom stereocenters. The standard InChI is InChI=1S/C26H24BrN4OP/c27-25-13-12-21(18-31-25)26(32)30-16-4-5-17-33(22-8-2-1-3-9-22,23-10-6-14-28-19-23)24-11-7-15-29-20-24/h1-3,6-15,18-20H,4-5,16-17H2/p+1/i27-4. The van der Waals surface area contributed by atoms with E-state index in [1.165, 1.54) is 15.9 Å². The number of amides is 1. The van der Waals surface area contributed by atoms with Crippen LogP contribution < -0.4 is 21.2 Å². The SMILES string of the molecule is O=C(NCCCC[P+](c1ccccc1)(c1cccnc1)c1cccnc1)c1ccc([76Br])nc1. The first-order valence-corrected chi connectivity index (χ1v) is 13.6. The zero-order valence-electron chi connectivity index (χ0n) is 18.1. The van der Waals surface area contributed by atoms with Crippen molar-refractivity contribution < 1.29 is 4.79 Å². The van der Waals surface area contributed by atoms with Crippen LogP contribution in [0.3, 0.4) is 0 Å². The van der Waals surface area contributed by atoms with Gasteiger partial charge in [-0.1, -0.05) is 18.2 Å². The van der Waals surface area contributed by atoms with Crippen LogP contribution in [0.4, 0.5) is 0 Å². The van der Waals surface area contributed by atoms with E-state index in [4.69, 9.17) is 0 Å². The summed E-state index contributed by atoms with van der Waals surface area (Å²) in [5.74, 6) is -0.0985. The average molecular weight is 516 g/mol. The maximum absolute atomic E-state index is 12.4. The minimum Gasteiger partial charge on any atom is -0.352 e. The summed E-state index contributed by atoms with van der Waals surface area (Å²) in [4.78, 5) is 25.4. The van der Waals surface area contributed by atoms with Gasteiger partial charge in [0, 0.05) is 25.1 Å². The van der Waals surface area contributed by atoms with Crippen LogP contribution in [0.25, 0.3) is 0 Å². The first-order chi connectivity index (χ1) is 16.2. The van der Waals surface area contributed by atoms with Crippen molar-refractivity contribution in [2.45, 2.75) is 12.8 Å². The molecule has 1 aromatic carbocycles. The Balaban J connectivity index is 1.53. The molecule has 5 nitrogen and oxygen atoms in total. The highest BCUT2D eigenvalue weighted by molar-refractivity contribution is 9.10. The summed E-state index contributed by atoms with van der Waals surface area (Å²) in [7, 11) is -1.93. The third kappa shape index (κ3) is 5.52. The van der Waals surface area contributed by atoms with Crippen LogP contribution in [0.2, 0.25) is 0 Å². The van der Waals surface area contributed by atoms with Gasteiger partial charge in [-0.2, -0.15) is 0 Å². The Labute approximate surface area is 203 Å². The number of hydrogen-bond acceptors (Lipinski definition) is 4. The normalized spacial score (nSPS) is 11.2. The van der Waals surface area contributed by atoms with Crippen molar-refractivity contribution in [1.29, 1.82) is 0 Å². The van der Waals surface area contributed by atoms with Gasteiger partial charge in [-0.15, -0.1) is 0 Å². The lowest BCUT2D eigenvalue weighted by Crippen LogP contribution is -2.34. The van der Waals surface area contributed by atoms with Gasteiger partial charge in [0.15, 0.2) is 0 Å². The van der Waals surface area contributed by atoms with Gasteiger partial charge < -0.3 is 5.32 Å². The molecule has 4 aromatic rings. The van der Waals surface area contributed by atoms with E-state index in [1.54, 1.807) is 18.3 Å². The van der Waals surface area contributed by atoms with Crippen LogP contribution >= 0.6 is 23.2 Å². The Morgan fingerprint density at radius 1 is 0.788 bits per heavy atom. The Hall–Kier alpha value is -2.95. The molecule has 0 saturated carbocycles. The molecule has 166 valence electrons. The van der Waals surface area contributed by atoms with E-state index >= 15 is 0 Å². The highest BCUT2D eigenvalue weighted by atomic mass is 75.9. The molecule has 0 aliphatic heterocycles. The van der Waals surface area contributed by atoms with Gasteiger partial charge in [0.1, 0.15) is 27.8 Å². The third-order valence-electron chi connectivity index (χ3n) is 5.57. The Morgan fingerprint density at radius 3 is 2.03 bits per heavy atom. The second-order valence-electron chi connectivity index (χ2n) is 7.62. The van der Waals surface area contributed by atoms with Crippen molar-refractivity contribution in [2.24, 2.45) is 0 Å². The first kappa shape index (κ1) is 23.2. The lowest BCUT2D eigenvalue weighted by Gasteiger charge is -2.27. The van der Waals surface area contributed by atoms with E-state index in [-0.39, 0.29) is 5.91 Å². The van der Waals surface area contributed by atoms with Gasteiger partial charge in [0.2, 0.25) is 0 Å². The van der Waals surface area contributed by atoms with Gasteiger partial charge in [-0.25, -0.2) is 4.98 Å². The number of nitrogens with zero attached hydrogens (tertiary/aromatic N) is 3. The number of benzene rings is 1. The van der Waals surface area contributed by atoms with Crippen LogP contribution in [0, 0.1) is 0 Å². The fourth-order valence-corrected chi connectivity index (χ4v) is 8.46. The minimum absolute atomic E-state index is 0.0985. The number of carbonyl (C=O) groups is 1. The number of rotatable bonds is 9. The maximum Gasteiger partial charge on any atom is 0.252 e. The third-order valence-corrected chi connectivity index (χ3v) is 10.5. The predicted molar refractivity (Wildman–Crippen MR) is 139 cm³/mol. The van der Waals surface area contributed by atoms with Crippen molar-refractivity contribution in [3.8, 4) is 0 Å². The molecule has 0 fully saturated rings. The average Bonchev–Trinajstić information content (AvgIpc) is 2.88. The summed E-state index contributed by atoms with van der Waals surface area (Å²) in [6, 6.07) is 22.6. The number of nitrogens with one attached hydrogen (secondary N) is 1. The summed E-state index contributed by atoms with van der Waals surface area (Å²) in [6.07, 6.45) is 12.0. The van der Waals surface area contributed by atoms with Crippen molar-refractivity contribution in [3.63, 3.8) is 0 Å². The fraction of sp³-hybridized carbons (Fsp3) is 0.154. The molecule has 0 saturated heterocycles. The summed E-state index contributed by atoms with van der Waals surface area (Å²) in [6.45, 7) is 0.615. The molecule has 33 heavy (non-hydrogen) atoms. The van der Waals surface area contributed by atoms with Gasteiger partial charge in [-0.05, 0) is 77.3 Å².